The molecule has 1 heterocycles. The van der Waals surface area contributed by atoms with Crippen LogP contribution in [0, 0.1) is 0 Å². The van der Waals surface area contributed by atoms with Gasteiger partial charge in [-0.3, -0.25) is 10.4 Å². The van der Waals surface area contributed by atoms with Gasteiger partial charge < -0.3 is 4.74 Å². The standard InChI is InChI=1S/C9H15N3O2S/c1-9(2,3)14-8(13)11-7-6(5-15)4-10-12-7/h4,15H,5H2,1-3H3,(H2,10,11,12,13). The van der Waals surface area contributed by atoms with Crippen molar-refractivity contribution in [1.82, 2.24) is 10.2 Å². The molecule has 1 aromatic rings. The van der Waals surface area contributed by atoms with Crippen LogP contribution >= 0.6 is 12.6 Å². The van der Waals surface area contributed by atoms with Crippen LogP contribution in [0.1, 0.15) is 26.3 Å². The molecule has 84 valence electrons. The zero-order valence-electron chi connectivity index (χ0n) is 9.00. The normalized spacial score (nSPS) is 11.2. The first-order valence-corrected chi connectivity index (χ1v) is 5.19. The molecule has 0 aliphatic heterocycles. The number of amides is 1. The van der Waals surface area contributed by atoms with Crippen LogP contribution in [-0.2, 0) is 10.5 Å². The Kier molecular flexibility index (Phi) is 3.62. The van der Waals surface area contributed by atoms with Crippen LogP contribution in [0.4, 0.5) is 10.6 Å². The minimum atomic E-state index is -0.509. The number of ether oxygens (including phenoxy) is 1. The molecule has 1 amide bonds. The molecule has 5 nitrogen and oxygen atoms in total. The highest BCUT2D eigenvalue weighted by Crippen LogP contribution is 2.15. The molecule has 1 rings (SSSR count). The number of H-pyrrole nitrogens is 1. The molecule has 15 heavy (non-hydrogen) atoms. The maximum Gasteiger partial charge on any atom is 0.413 e. The maximum absolute atomic E-state index is 11.4. The Morgan fingerprint density at radius 1 is 1.67 bits per heavy atom. The van der Waals surface area contributed by atoms with Crippen molar-refractivity contribution in [2.75, 3.05) is 5.32 Å². The lowest BCUT2D eigenvalue weighted by Crippen LogP contribution is -2.27. The van der Waals surface area contributed by atoms with Crippen molar-refractivity contribution in [3.05, 3.63) is 11.8 Å². The van der Waals surface area contributed by atoms with Gasteiger partial charge >= 0.3 is 6.09 Å². The predicted octanol–water partition coefficient (Wildman–Crippen LogP) is 2.19. The monoisotopic (exact) mass is 229 g/mol. The van der Waals surface area contributed by atoms with Crippen LogP contribution in [0.5, 0.6) is 0 Å². The lowest BCUT2D eigenvalue weighted by molar-refractivity contribution is 0.0635. The summed E-state index contributed by atoms with van der Waals surface area (Å²) >= 11 is 4.10. The number of carbonyl (C=O) groups excluding carboxylic acids is 1. The average molecular weight is 229 g/mol. The summed E-state index contributed by atoms with van der Waals surface area (Å²) in [5.41, 5.74) is 0.315. The van der Waals surface area contributed by atoms with Crippen molar-refractivity contribution >= 4 is 24.5 Å². The van der Waals surface area contributed by atoms with Crippen molar-refractivity contribution in [1.29, 1.82) is 0 Å². The van der Waals surface area contributed by atoms with Crippen molar-refractivity contribution in [2.45, 2.75) is 32.1 Å². The largest absolute Gasteiger partial charge is 0.444 e. The van der Waals surface area contributed by atoms with Crippen LogP contribution in [0.25, 0.3) is 0 Å². The van der Waals surface area contributed by atoms with Gasteiger partial charge in [0.05, 0.1) is 6.20 Å². The summed E-state index contributed by atoms with van der Waals surface area (Å²) in [4.78, 5) is 11.4. The van der Waals surface area contributed by atoms with E-state index in [2.05, 4.69) is 28.1 Å². The number of aromatic amines is 1. The molecule has 0 unspecified atom stereocenters. The molecule has 0 saturated heterocycles. The minimum absolute atomic E-state index is 0.502. The second-order valence-electron chi connectivity index (χ2n) is 4.06. The third-order valence-corrected chi connectivity index (χ3v) is 1.85. The third kappa shape index (κ3) is 3.83. The van der Waals surface area contributed by atoms with Crippen LogP contribution in [0.3, 0.4) is 0 Å². The van der Waals surface area contributed by atoms with Crippen molar-refractivity contribution in [2.24, 2.45) is 0 Å². The topological polar surface area (TPSA) is 67.0 Å². The van der Waals surface area contributed by atoms with E-state index in [0.29, 0.717) is 11.6 Å². The molecule has 0 atom stereocenters. The molecule has 0 spiro atoms. The minimum Gasteiger partial charge on any atom is -0.444 e. The fourth-order valence-electron chi connectivity index (χ4n) is 0.945. The Labute approximate surface area is 94.0 Å². The fraction of sp³-hybridized carbons (Fsp3) is 0.556. The maximum atomic E-state index is 11.4. The van der Waals surface area contributed by atoms with Gasteiger partial charge in [0.15, 0.2) is 0 Å². The average Bonchev–Trinajstić information content (AvgIpc) is 2.48. The lowest BCUT2D eigenvalue weighted by Gasteiger charge is -2.19. The Morgan fingerprint density at radius 2 is 2.33 bits per heavy atom. The van der Waals surface area contributed by atoms with Crippen LogP contribution in [0.15, 0.2) is 6.20 Å². The number of hydrogen-bond donors (Lipinski definition) is 3. The molecule has 0 aliphatic carbocycles. The van der Waals surface area contributed by atoms with E-state index in [1.54, 1.807) is 27.0 Å². The number of nitrogens with one attached hydrogen (secondary N) is 2. The van der Waals surface area contributed by atoms with Gasteiger partial charge in [-0.15, -0.1) is 0 Å². The molecule has 0 saturated carbocycles. The first kappa shape index (κ1) is 11.9. The Hall–Kier alpha value is -1.17. The molecule has 1 aromatic heterocycles. The summed E-state index contributed by atoms with van der Waals surface area (Å²) in [5, 5.41) is 9.03. The van der Waals surface area contributed by atoms with Gasteiger partial charge in [0.1, 0.15) is 11.4 Å². The predicted molar refractivity (Wildman–Crippen MR) is 61.1 cm³/mol. The second kappa shape index (κ2) is 4.57. The number of anilines is 1. The van der Waals surface area contributed by atoms with E-state index in [9.17, 15) is 4.79 Å². The van der Waals surface area contributed by atoms with Gasteiger partial charge in [0, 0.05) is 11.3 Å². The Morgan fingerprint density at radius 3 is 2.87 bits per heavy atom. The number of thiol groups is 1. The number of hydrogen-bond acceptors (Lipinski definition) is 4. The SMILES string of the molecule is CC(C)(C)OC(=O)Nc1[nH]ncc1CS. The second-order valence-corrected chi connectivity index (χ2v) is 4.37. The molecule has 0 fully saturated rings. The zero-order valence-corrected chi connectivity index (χ0v) is 9.89. The van der Waals surface area contributed by atoms with Gasteiger partial charge in [-0.05, 0) is 20.8 Å². The van der Waals surface area contributed by atoms with E-state index in [0.717, 1.165) is 5.56 Å². The van der Waals surface area contributed by atoms with E-state index in [1.807, 2.05) is 0 Å². The Balaban J connectivity index is 2.59. The van der Waals surface area contributed by atoms with Gasteiger partial charge in [-0.2, -0.15) is 17.7 Å². The summed E-state index contributed by atoms with van der Waals surface area (Å²) in [6, 6.07) is 0. The number of rotatable bonds is 2. The molecule has 0 bridgehead atoms. The Bertz CT molecular complexity index is 343. The van der Waals surface area contributed by atoms with E-state index < -0.39 is 11.7 Å². The summed E-state index contributed by atoms with van der Waals surface area (Å²) in [7, 11) is 0. The molecular weight excluding hydrogens is 214 g/mol. The first-order chi connectivity index (χ1) is 6.92. The number of nitrogens with zero attached hydrogens (tertiary/aromatic N) is 1. The molecular formula is C9H15N3O2S. The summed E-state index contributed by atoms with van der Waals surface area (Å²) < 4.78 is 5.09. The van der Waals surface area contributed by atoms with Crippen molar-refractivity contribution in [3.63, 3.8) is 0 Å². The zero-order chi connectivity index (χ0) is 11.5. The number of aromatic nitrogens is 2. The molecule has 6 heteroatoms. The van der Waals surface area contributed by atoms with Crippen molar-refractivity contribution in [3.8, 4) is 0 Å². The van der Waals surface area contributed by atoms with E-state index in [1.165, 1.54) is 0 Å². The van der Waals surface area contributed by atoms with E-state index in [-0.39, 0.29) is 0 Å². The van der Waals surface area contributed by atoms with E-state index in [4.69, 9.17) is 4.74 Å². The highest BCUT2D eigenvalue weighted by molar-refractivity contribution is 7.79. The third-order valence-electron chi connectivity index (χ3n) is 1.51. The molecule has 0 radical (unpaired) electrons. The lowest BCUT2D eigenvalue weighted by atomic mass is 10.2. The summed E-state index contributed by atoms with van der Waals surface area (Å²) in [6.45, 7) is 5.41. The smallest absolute Gasteiger partial charge is 0.413 e. The fourth-order valence-corrected chi connectivity index (χ4v) is 1.18. The molecule has 0 aliphatic rings. The number of carbonyl (C=O) groups is 1. The van der Waals surface area contributed by atoms with Crippen LogP contribution < -0.4 is 5.32 Å². The van der Waals surface area contributed by atoms with Crippen molar-refractivity contribution < 1.29 is 9.53 Å². The highest BCUT2D eigenvalue weighted by Gasteiger charge is 2.17. The molecule has 2 N–H and O–H groups in total. The van der Waals surface area contributed by atoms with Gasteiger partial charge in [-0.1, -0.05) is 0 Å². The summed E-state index contributed by atoms with van der Waals surface area (Å²) in [5.74, 6) is 1.03. The van der Waals surface area contributed by atoms with Crippen LogP contribution in [-0.4, -0.2) is 21.9 Å². The quantitative estimate of drug-likeness (QED) is 0.681. The first-order valence-electron chi connectivity index (χ1n) is 4.55. The van der Waals surface area contributed by atoms with Gasteiger partial charge in [-0.25, -0.2) is 4.79 Å². The van der Waals surface area contributed by atoms with Crippen LogP contribution in [0.2, 0.25) is 0 Å². The molecule has 0 aromatic carbocycles. The van der Waals surface area contributed by atoms with Gasteiger partial charge in [0.25, 0.3) is 0 Å². The van der Waals surface area contributed by atoms with Gasteiger partial charge in [0.2, 0.25) is 0 Å². The summed E-state index contributed by atoms with van der Waals surface area (Å²) in [6.07, 6.45) is 1.11. The highest BCUT2D eigenvalue weighted by atomic mass is 32.1. The van der Waals surface area contributed by atoms with E-state index >= 15 is 0 Å².